The topological polar surface area (TPSA) is 56.7 Å². The number of nitrogens with zero attached hydrogens (tertiary/aromatic N) is 3. The second-order valence-electron chi connectivity index (χ2n) is 10.7. The van der Waals surface area contributed by atoms with E-state index in [9.17, 15) is 9.90 Å². The maximum atomic E-state index is 11.5. The van der Waals surface area contributed by atoms with Crippen LogP contribution < -0.4 is 4.90 Å². The Kier molecular flexibility index (Phi) is 10.5. The molecule has 6 heteroatoms. The molecule has 1 N–H and O–H groups in total. The molecule has 0 spiro atoms. The number of thiazole rings is 1. The molecule has 0 atom stereocenters. The molecule has 0 aliphatic heterocycles. The number of benzene rings is 3. The van der Waals surface area contributed by atoms with Gasteiger partial charge in [0.05, 0.1) is 18.8 Å². The summed E-state index contributed by atoms with van der Waals surface area (Å²) in [5.41, 5.74) is 7.03. The Morgan fingerprint density at radius 2 is 1.50 bits per heavy atom. The molecule has 0 aliphatic rings. The van der Waals surface area contributed by atoms with E-state index in [-0.39, 0.29) is 6.54 Å². The number of rotatable bonds is 14. The van der Waals surface area contributed by atoms with Gasteiger partial charge in [-0.05, 0) is 61.4 Å². The number of hydrogen-bond donors (Lipinski definition) is 1. The summed E-state index contributed by atoms with van der Waals surface area (Å²) in [6, 6.07) is 28.1. The SMILES string of the molecule is CCC(CC)c1ccc(N(Cc2ccc(-c3csc(CN(CC(=O)O)Cc4ccccc4)n3)cc2)C(C)C)cc1. The third-order valence-corrected chi connectivity index (χ3v) is 8.26. The van der Waals surface area contributed by atoms with Crippen LogP contribution in [0.5, 0.6) is 0 Å². The number of aromatic nitrogens is 1. The minimum Gasteiger partial charge on any atom is -0.480 e. The second kappa shape index (κ2) is 14.2. The number of carboxylic acid groups (broad SMARTS) is 1. The van der Waals surface area contributed by atoms with Crippen LogP contribution in [0, 0.1) is 0 Å². The Bertz CT molecular complexity index is 1330. The molecule has 210 valence electrons. The first-order valence-corrected chi connectivity index (χ1v) is 15.1. The first kappa shape index (κ1) is 29.5. The quantitative estimate of drug-likeness (QED) is 0.170. The highest BCUT2D eigenvalue weighted by molar-refractivity contribution is 7.09. The zero-order valence-corrected chi connectivity index (χ0v) is 24.9. The van der Waals surface area contributed by atoms with E-state index in [1.165, 1.54) is 29.7 Å². The van der Waals surface area contributed by atoms with Crippen LogP contribution in [0.25, 0.3) is 11.3 Å². The average molecular weight is 556 g/mol. The van der Waals surface area contributed by atoms with E-state index >= 15 is 0 Å². The number of hydrogen-bond acceptors (Lipinski definition) is 5. The van der Waals surface area contributed by atoms with Crippen molar-refractivity contribution in [2.24, 2.45) is 0 Å². The molecular weight excluding hydrogens is 514 g/mol. The number of carboxylic acids is 1. The lowest BCUT2D eigenvalue weighted by Crippen LogP contribution is -2.30. The van der Waals surface area contributed by atoms with Crippen molar-refractivity contribution in [3.8, 4) is 11.3 Å². The summed E-state index contributed by atoms with van der Waals surface area (Å²) in [6.45, 7) is 10.9. The fourth-order valence-corrected chi connectivity index (χ4v) is 6.00. The van der Waals surface area contributed by atoms with E-state index in [0.29, 0.717) is 25.0 Å². The first-order valence-electron chi connectivity index (χ1n) is 14.2. The van der Waals surface area contributed by atoms with Gasteiger partial charge in [0.15, 0.2) is 0 Å². The van der Waals surface area contributed by atoms with E-state index in [2.05, 4.69) is 86.5 Å². The van der Waals surface area contributed by atoms with Crippen molar-refractivity contribution in [3.63, 3.8) is 0 Å². The maximum Gasteiger partial charge on any atom is 0.317 e. The molecule has 0 fully saturated rings. The molecule has 0 saturated carbocycles. The minimum absolute atomic E-state index is 0.0224. The molecule has 0 unspecified atom stereocenters. The molecular formula is C34H41N3O2S. The van der Waals surface area contributed by atoms with Crippen LogP contribution in [0.1, 0.15) is 68.2 Å². The van der Waals surface area contributed by atoms with Crippen molar-refractivity contribution >= 4 is 23.0 Å². The molecule has 1 aromatic heterocycles. The molecule has 5 nitrogen and oxygen atoms in total. The minimum atomic E-state index is -0.833. The predicted molar refractivity (Wildman–Crippen MR) is 167 cm³/mol. The molecule has 0 saturated heterocycles. The lowest BCUT2D eigenvalue weighted by Gasteiger charge is -2.30. The summed E-state index contributed by atoms with van der Waals surface area (Å²) >= 11 is 1.58. The number of anilines is 1. The Morgan fingerprint density at radius 3 is 2.10 bits per heavy atom. The Labute approximate surface area is 243 Å². The highest BCUT2D eigenvalue weighted by Crippen LogP contribution is 2.28. The van der Waals surface area contributed by atoms with Gasteiger partial charge < -0.3 is 10.0 Å². The molecule has 3 aromatic carbocycles. The zero-order valence-electron chi connectivity index (χ0n) is 24.1. The van der Waals surface area contributed by atoms with Gasteiger partial charge in [0.1, 0.15) is 5.01 Å². The van der Waals surface area contributed by atoms with E-state index < -0.39 is 5.97 Å². The molecule has 0 bridgehead atoms. The van der Waals surface area contributed by atoms with Crippen molar-refractivity contribution < 1.29 is 9.90 Å². The fourth-order valence-electron chi connectivity index (χ4n) is 5.16. The standard InChI is InChI=1S/C34H41N3O2S/c1-5-28(6-2)29-16-18-31(19-17-29)37(25(3)4)21-27-12-14-30(15-13-27)32-24-40-33(35-32)22-36(23-34(38)39)20-26-10-8-7-9-11-26/h7-19,24-25,28H,5-6,20-23H2,1-4H3,(H,38,39). The van der Waals surface area contributed by atoms with Crippen molar-refractivity contribution in [2.45, 2.75) is 72.1 Å². The molecule has 40 heavy (non-hydrogen) atoms. The summed E-state index contributed by atoms with van der Waals surface area (Å²) < 4.78 is 0. The van der Waals surface area contributed by atoms with Gasteiger partial charge in [-0.15, -0.1) is 11.3 Å². The van der Waals surface area contributed by atoms with E-state index in [0.717, 1.165) is 28.4 Å². The van der Waals surface area contributed by atoms with Gasteiger partial charge >= 0.3 is 5.97 Å². The molecule has 0 radical (unpaired) electrons. The van der Waals surface area contributed by atoms with Crippen LogP contribution in [0.3, 0.4) is 0 Å². The van der Waals surface area contributed by atoms with Crippen LogP contribution in [0.4, 0.5) is 5.69 Å². The summed E-state index contributed by atoms with van der Waals surface area (Å²) in [6.07, 6.45) is 2.34. The van der Waals surface area contributed by atoms with Crippen LogP contribution in [-0.4, -0.2) is 33.5 Å². The van der Waals surface area contributed by atoms with Crippen LogP contribution in [0.15, 0.2) is 84.2 Å². The van der Waals surface area contributed by atoms with Crippen LogP contribution in [0.2, 0.25) is 0 Å². The van der Waals surface area contributed by atoms with Gasteiger partial charge in [-0.25, -0.2) is 4.98 Å². The lowest BCUT2D eigenvalue weighted by atomic mass is 9.94. The van der Waals surface area contributed by atoms with E-state index in [1.54, 1.807) is 11.3 Å². The summed E-state index contributed by atoms with van der Waals surface area (Å²) in [5.74, 6) is -0.203. The Balaban J connectivity index is 1.42. The lowest BCUT2D eigenvalue weighted by molar-refractivity contribution is -0.138. The molecule has 0 amide bonds. The zero-order chi connectivity index (χ0) is 28.5. The van der Waals surface area contributed by atoms with E-state index in [4.69, 9.17) is 4.98 Å². The molecule has 0 aliphatic carbocycles. The van der Waals surface area contributed by atoms with Gasteiger partial charge in [0, 0.05) is 35.8 Å². The fraction of sp³-hybridized carbons (Fsp3) is 0.353. The molecule has 4 rings (SSSR count). The third kappa shape index (κ3) is 8.03. The predicted octanol–water partition coefficient (Wildman–Crippen LogP) is 8.22. The van der Waals surface area contributed by atoms with Gasteiger partial charge in [0.2, 0.25) is 0 Å². The normalized spacial score (nSPS) is 11.5. The van der Waals surface area contributed by atoms with Gasteiger partial charge in [0.25, 0.3) is 0 Å². The van der Waals surface area contributed by atoms with Gasteiger partial charge in [-0.2, -0.15) is 0 Å². The smallest absolute Gasteiger partial charge is 0.317 e. The van der Waals surface area contributed by atoms with Crippen LogP contribution >= 0.6 is 11.3 Å². The summed E-state index contributed by atoms with van der Waals surface area (Å²) in [5, 5.41) is 12.4. The number of carbonyl (C=O) groups is 1. The van der Waals surface area contributed by atoms with Crippen molar-refractivity contribution in [1.82, 2.24) is 9.88 Å². The van der Waals surface area contributed by atoms with Gasteiger partial charge in [-0.3, -0.25) is 9.69 Å². The summed E-state index contributed by atoms with van der Waals surface area (Å²) in [7, 11) is 0. The van der Waals surface area contributed by atoms with E-state index in [1.807, 2.05) is 35.2 Å². The number of aliphatic carboxylic acids is 1. The van der Waals surface area contributed by atoms with Crippen molar-refractivity contribution in [1.29, 1.82) is 0 Å². The van der Waals surface area contributed by atoms with Gasteiger partial charge in [-0.1, -0.05) is 80.6 Å². The second-order valence-corrected chi connectivity index (χ2v) is 11.6. The van der Waals surface area contributed by atoms with Crippen LogP contribution in [-0.2, 0) is 24.4 Å². The Morgan fingerprint density at radius 1 is 0.850 bits per heavy atom. The Hall–Kier alpha value is -3.48. The highest BCUT2D eigenvalue weighted by atomic mass is 32.1. The van der Waals surface area contributed by atoms with Crippen molar-refractivity contribution in [2.75, 3.05) is 11.4 Å². The average Bonchev–Trinajstić information content (AvgIpc) is 3.41. The first-order chi connectivity index (χ1) is 19.4. The maximum absolute atomic E-state index is 11.5. The summed E-state index contributed by atoms with van der Waals surface area (Å²) in [4.78, 5) is 20.7. The molecule has 1 heterocycles. The largest absolute Gasteiger partial charge is 0.480 e. The highest BCUT2D eigenvalue weighted by Gasteiger charge is 2.16. The third-order valence-electron chi connectivity index (χ3n) is 7.43. The molecule has 4 aromatic rings. The van der Waals surface area contributed by atoms with Crippen molar-refractivity contribution in [3.05, 3.63) is 106 Å². The monoisotopic (exact) mass is 555 g/mol.